The minimum atomic E-state index is -0.407. The highest BCUT2D eigenvalue weighted by atomic mass is 16.5. The van der Waals surface area contributed by atoms with Gasteiger partial charge >= 0.3 is 5.97 Å². The smallest absolute Gasteiger partial charge is 0.312 e. The highest BCUT2D eigenvalue weighted by molar-refractivity contribution is 5.90. The third-order valence-electron chi connectivity index (χ3n) is 7.37. The van der Waals surface area contributed by atoms with Crippen molar-refractivity contribution in [3.63, 3.8) is 0 Å². The summed E-state index contributed by atoms with van der Waals surface area (Å²) >= 11 is 0. The van der Waals surface area contributed by atoms with Crippen LogP contribution in [0.2, 0.25) is 0 Å². The van der Waals surface area contributed by atoms with Gasteiger partial charge in [-0.15, -0.1) is 0 Å². The number of carbonyl (C=O) groups is 1. The topological polar surface area (TPSA) is 84.2 Å². The predicted octanol–water partition coefficient (Wildman–Crippen LogP) is 6.54. The zero-order chi connectivity index (χ0) is 28.3. The molecule has 0 fully saturated rings. The maximum absolute atomic E-state index is 13.5. The molecule has 0 N–H and O–H groups in total. The number of fused-ring (bicyclic) bond motifs is 3. The van der Waals surface area contributed by atoms with Gasteiger partial charge in [-0.3, -0.25) is 9.59 Å². The van der Waals surface area contributed by atoms with Crippen molar-refractivity contribution in [3.8, 4) is 34.1 Å². The van der Waals surface area contributed by atoms with E-state index in [1.807, 2.05) is 72.8 Å². The van der Waals surface area contributed by atoms with E-state index in [1.165, 1.54) is 6.26 Å². The van der Waals surface area contributed by atoms with Gasteiger partial charge in [0, 0.05) is 17.9 Å². The summed E-state index contributed by atoms with van der Waals surface area (Å²) in [5, 5.41) is 0.428. The molecule has 0 bridgehead atoms. The van der Waals surface area contributed by atoms with Gasteiger partial charge in [0.25, 0.3) is 0 Å². The Kier molecular flexibility index (Phi) is 7.17. The highest BCUT2D eigenvalue weighted by Crippen LogP contribution is 2.44. The summed E-state index contributed by atoms with van der Waals surface area (Å²) in [6.07, 6.45) is 2.26. The van der Waals surface area contributed by atoms with Crippen LogP contribution in [0.3, 0.4) is 0 Å². The SMILES string of the molecule is COc1ccc(CCOc2cc([C@H]3CC(=O)Oc4ccc5c(=O)c(-c6ccccc6)coc5c43)ccc2OC)cc1. The molecule has 0 saturated carbocycles. The Hall–Kier alpha value is -5.04. The van der Waals surface area contributed by atoms with Crippen molar-refractivity contribution in [1.82, 2.24) is 0 Å². The normalized spacial score (nSPS) is 14.3. The van der Waals surface area contributed by atoms with Crippen LogP contribution in [0.1, 0.15) is 29.0 Å². The van der Waals surface area contributed by atoms with Gasteiger partial charge in [0.2, 0.25) is 5.43 Å². The van der Waals surface area contributed by atoms with Crippen molar-refractivity contribution in [1.29, 1.82) is 0 Å². The molecule has 1 aliphatic rings. The first-order chi connectivity index (χ1) is 20.1. The molecular formula is C34H28O7. The first kappa shape index (κ1) is 26.2. The van der Waals surface area contributed by atoms with E-state index in [1.54, 1.807) is 26.4 Å². The Morgan fingerprint density at radius 2 is 1.66 bits per heavy atom. The summed E-state index contributed by atoms with van der Waals surface area (Å²) in [5.41, 5.74) is 4.10. The van der Waals surface area contributed by atoms with Crippen molar-refractivity contribution in [2.24, 2.45) is 0 Å². The first-order valence-electron chi connectivity index (χ1n) is 13.3. The fourth-order valence-corrected chi connectivity index (χ4v) is 5.25. The molecule has 6 rings (SSSR count). The van der Waals surface area contributed by atoms with Crippen LogP contribution in [0.5, 0.6) is 23.0 Å². The lowest BCUT2D eigenvalue weighted by Crippen LogP contribution is -2.22. The average molecular weight is 549 g/mol. The van der Waals surface area contributed by atoms with E-state index in [4.69, 9.17) is 23.4 Å². The molecule has 2 heterocycles. The Morgan fingerprint density at radius 1 is 0.854 bits per heavy atom. The minimum absolute atomic E-state index is 0.0911. The lowest BCUT2D eigenvalue weighted by atomic mass is 9.85. The predicted molar refractivity (Wildman–Crippen MR) is 155 cm³/mol. The summed E-state index contributed by atoms with van der Waals surface area (Å²) < 4.78 is 28.6. The maximum atomic E-state index is 13.5. The molecular weight excluding hydrogens is 520 g/mol. The van der Waals surface area contributed by atoms with Gasteiger partial charge in [-0.25, -0.2) is 0 Å². The second kappa shape index (κ2) is 11.2. The van der Waals surface area contributed by atoms with Gasteiger partial charge in [-0.1, -0.05) is 48.5 Å². The van der Waals surface area contributed by atoms with E-state index < -0.39 is 5.92 Å². The molecule has 4 aromatic carbocycles. The highest BCUT2D eigenvalue weighted by Gasteiger charge is 2.32. The molecule has 0 aliphatic carbocycles. The second-order valence-corrected chi connectivity index (χ2v) is 9.79. The second-order valence-electron chi connectivity index (χ2n) is 9.79. The maximum Gasteiger partial charge on any atom is 0.312 e. The van der Waals surface area contributed by atoms with Gasteiger partial charge in [0.15, 0.2) is 11.5 Å². The van der Waals surface area contributed by atoms with Crippen LogP contribution >= 0.6 is 0 Å². The summed E-state index contributed by atoms with van der Waals surface area (Å²) in [4.78, 5) is 26.2. The number of methoxy groups -OCH3 is 2. The third-order valence-corrected chi connectivity index (χ3v) is 7.37. The zero-order valence-electron chi connectivity index (χ0n) is 22.7. The number of rotatable bonds is 8. The minimum Gasteiger partial charge on any atom is -0.497 e. The van der Waals surface area contributed by atoms with Crippen molar-refractivity contribution >= 4 is 16.9 Å². The van der Waals surface area contributed by atoms with Crippen LogP contribution < -0.4 is 24.4 Å². The fourth-order valence-electron chi connectivity index (χ4n) is 5.25. The molecule has 7 nitrogen and oxygen atoms in total. The van der Waals surface area contributed by atoms with Crippen molar-refractivity contribution in [2.75, 3.05) is 20.8 Å². The van der Waals surface area contributed by atoms with E-state index in [-0.39, 0.29) is 17.8 Å². The van der Waals surface area contributed by atoms with Crippen LogP contribution in [-0.2, 0) is 11.2 Å². The van der Waals surface area contributed by atoms with Crippen molar-refractivity contribution in [3.05, 3.63) is 118 Å². The summed E-state index contributed by atoms with van der Waals surface area (Å²) in [6, 6.07) is 26.2. The molecule has 0 radical (unpaired) electrons. The summed E-state index contributed by atoms with van der Waals surface area (Å²) in [5.74, 6) is 1.56. The number of hydrogen-bond donors (Lipinski definition) is 0. The van der Waals surface area contributed by atoms with Gasteiger partial charge in [0.1, 0.15) is 23.3 Å². The molecule has 1 aromatic heterocycles. The van der Waals surface area contributed by atoms with Gasteiger partial charge in [0.05, 0.1) is 38.2 Å². The van der Waals surface area contributed by atoms with E-state index in [2.05, 4.69) is 0 Å². The first-order valence-corrected chi connectivity index (χ1v) is 13.3. The third kappa shape index (κ3) is 5.14. The average Bonchev–Trinajstić information content (AvgIpc) is 3.01. The summed E-state index contributed by atoms with van der Waals surface area (Å²) in [7, 11) is 3.23. The molecule has 0 spiro atoms. The molecule has 1 aliphatic heterocycles. The van der Waals surface area contributed by atoms with E-state index in [0.29, 0.717) is 52.4 Å². The van der Waals surface area contributed by atoms with E-state index in [9.17, 15) is 9.59 Å². The monoisotopic (exact) mass is 548 g/mol. The summed E-state index contributed by atoms with van der Waals surface area (Å²) in [6.45, 7) is 0.426. The molecule has 1 atom stereocenters. The number of hydrogen-bond acceptors (Lipinski definition) is 7. The van der Waals surface area contributed by atoms with Crippen LogP contribution in [0, 0.1) is 0 Å². The van der Waals surface area contributed by atoms with Crippen LogP contribution in [0.25, 0.3) is 22.1 Å². The van der Waals surface area contributed by atoms with Gasteiger partial charge in [-0.2, -0.15) is 0 Å². The van der Waals surface area contributed by atoms with Crippen molar-refractivity contribution < 1.29 is 28.2 Å². The van der Waals surface area contributed by atoms with E-state index >= 15 is 0 Å². The Bertz CT molecular complexity index is 1770. The number of benzene rings is 4. The molecule has 7 heteroatoms. The van der Waals surface area contributed by atoms with Crippen LogP contribution in [0.15, 0.2) is 100 Å². The fraction of sp³-hybridized carbons (Fsp3) is 0.176. The number of carbonyl (C=O) groups excluding carboxylic acids is 1. The van der Waals surface area contributed by atoms with Crippen LogP contribution in [-0.4, -0.2) is 26.8 Å². The molecule has 41 heavy (non-hydrogen) atoms. The molecule has 0 unspecified atom stereocenters. The van der Waals surface area contributed by atoms with Crippen molar-refractivity contribution in [2.45, 2.75) is 18.8 Å². The molecule has 206 valence electrons. The van der Waals surface area contributed by atoms with Gasteiger partial charge in [-0.05, 0) is 53.1 Å². The van der Waals surface area contributed by atoms with Crippen LogP contribution in [0.4, 0.5) is 0 Å². The quantitative estimate of drug-likeness (QED) is 0.161. The molecule has 0 saturated heterocycles. The lowest BCUT2D eigenvalue weighted by molar-refractivity contribution is -0.135. The number of esters is 1. The lowest BCUT2D eigenvalue weighted by Gasteiger charge is -2.26. The number of ether oxygens (including phenoxy) is 4. The molecule has 5 aromatic rings. The Labute approximate surface area is 236 Å². The standard InChI is InChI=1S/C34H28O7/c1-37-24-11-8-21(9-12-24)16-17-39-30-18-23(10-14-28(30)38-2)26-19-31(35)41-29-15-13-25-33(36)27(20-40-34(25)32(26)29)22-6-4-3-5-7-22/h3-15,18,20,26H,16-17,19H2,1-2H3/t26-/m1/s1. The Morgan fingerprint density at radius 3 is 2.41 bits per heavy atom. The van der Waals surface area contributed by atoms with Gasteiger partial charge < -0.3 is 23.4 Å². The Balaban J connectivity index is 1.35. The molecule has 0 amide bonds. The largest absolute Gasteiger partial charge is 0.497 e. The van der Waals surface area contributed by atoms with E-state index in [0.717, 1.165) is 22.4 Å². The zero-order valence-corrected chi connectivity index (χ0v) is 22.7.